The highest BCUT2D eigenvalue weighted by molar-refractivity contribution is 6.30. The Bertz CT molecular complexity index is 1190. The van der Waals surface area contributed by atoms with Crippen LogP contribution in [-0.4, -0.2) is 26.9 Å². The fourth-order valence-corrected chi connectivity index (χ4v) is 4.26. The molecular formula is C22H18ClFN4O3. The van der Waals surface area contributed by atoms with Gasteiger partial charge in [-0.25, -0.2) is 9.49 Å². The van der Waals surface area contributed by atoms with Gasteiger partial charge >= 0.3 is 0 Å². The van der Waals surface area contributed by atoms with E-state index in [2.05, 4.69) is 10.2 Å². The van der Waals surface area contributed by atoms with Crippen LogP contribution in [0.3, 0.4) is 0 Å². The van der Waals surface area contributed by atoms with Crippen molar-refractivity contribution in [2.75, 3.05) is 0 Å². The molecule has 0 saturated carbocycles. The van der Waals surface area contributed by atoms with E-state index in [1.54, 1.807) is 36.4 Å². The predicted molar refractivity (Wildman–Crippen MR) is 112 cm³/mol. The van der Waals surface area contributed by atoms with Crippen LogP contribution in [0, 0.1) is 5.82 Å². The summed E-state index contributed by atoms with van der Waals surface area (Å²) in [5.41, 5.74) is 6.66. The Morgan fingerprint density at radius 1 is 1.19 bits per heavy atom. The van der Waals surface area contributed by atoms with E-state index in [4.69, 9.17) is 17.3 Å². The van der Waals surface area contributed by atoms with Gasteiger partial charge in [0.05, 0.1) is 6.04 Å². The molecule has 158 valence electrons. The minimum atomic E-state index is -1.14. The molecule has 7 nitrogen and oxygen atoms in total. The van der Waals surface area contributed by atoms with Crippen molar-refractivity contribution in [1.29, 1.82) is 0 Å². The molecule has 0 aliphatic heterocycles. The smallest absolute Gasteiger partial charge is 0.275 e. The van der Waals surface area contributed by atoms with Crippen molar-refractivity contribution in [3.05, 3.63) is 98.2 Å². The van der Waals surface area contributed by atoms with Gasteiger partial charge in [-0.15, -0.1) is 0 Å². The zero-order valence-electron chi connectivity index (χ0n) is 16.2. The molecule has 1 aliphatic carbocycles. The third kappa shape index (κ3) is 3.94. The summed E-state index contributed by atoms with van der Waals surface area (Å²) in [6.07, 6.45) is 0.740. The van der Waals surface area contributed by atoms with Crippen LogP contribution in [0.25, 0.3) is 0 Å². The minimum absolute atomic E-state index is 0.0715. The SMILES string of the molecule is NC(=O)C(c1ccccc1)N(C(=O)c1ccc(=O)[nH]n1)[C@@H]1CCc2c(F)cc(Cl)cc21. The summed E-state index contributed by atoms with van der Waals surface area (Å²) in [4.78, 5) is 38.8. The summed E-state index contributed by atoms with van der Waals surface area (Å²) in [5, 5.41) is 6.23. The fourth-order valence-electron chi connectivity index (χ4n) is 4.04. The number of benzene rings is 2. The maximum atomic E-state index is 14.5. The average molecular weight is 441 g/mol. The van der Waals surface area contributed by atoms with Gasteiger partial charge in [0.15, 0.2) is 0 Å². The Kier molecular flexibility index (Phi) is 5.56. The van der Waals surface area contributed by atoms with Gasteiger partial charge in [0.25, 0.3) is 11.5 Å². The first-order valence-corrected chi connectivity index (χ1v) is 9.95. The van der Waals surface area contributed by atoms with Crippen molar-refractivity contribution in [2.45, 2.75) is 24.9 Å². The number of nitrogens with two attached hydrogens (primary N) is 1. The van der Waals surface area contributed by atoms with Crippen molar-refractivity contribution in [3.8, 4) is 0 Å². The molecule has 2 atom stereocenters. The second kappa shape index (κ2) is 8.31. The zero-order chi connectivity index (χ0) is 22.1. The number of H-pyrrole nitrogens is 1. The van der Waals surface area contributed by atoms with Crippen LogP contribution in [0.15, 0.2) is 59.4 Å². The summed E-state index contributed by atoms with van der Waals surface area (Å²) in [7, 11) is 0. The van der Waals surface area contributed by atoms with Crippen molar-refractivity contribution in [3.63, 3.8) is 0 Å². The molecular weight excluding hydrogens is 423 g/mol. The first kappa shape index (κ1) is 20.7. The number of nitrogens with one attached hydrogen (secondary N) is 1. The third-order valence-electron chi connectivity index (χ3n) is 5.35. The number of nitrogens with zero attached hydrogens (tertiary/aromatic N) is 2. The Hall–Kier alpha value is -3.52. The van der Waals surface area contributed by atoms with Gasteiger partial charge in [-0.2, -0.15) is 5.10 Å². The van der Waals surface area contributed by atoms with Crippen LogP contribution in [-0.2, 0) is 11.2 Å². The van der Waals surface area contributed by atoms with Crippen LogP contribution >= 0.6 is 11.6 Å². The molecule has 3 aromatic rings. The molecule has 1 aromatic heterocycles. The lowest BCUT2D eigenvalue weighted by Crippen LogP contribution is -2.44. The lowest BCUT2D eigenvalue weighted by atomic mass is 9.98. The highest BCUT2D eigenvalue weighted by atomic mass is 35.5. The Morgan fingerprint density at radius 3 is 2.58 bits per heavy atom. The van der Waals surface area contributed by atoms with Crippen molar-refractivity contribution < 1.29 is 14.0 Å². The number of aromatic nitrogens is 2. The molecule has 2 aromatic carbocycles. The second-order valence-electron chi connectivity index (χ2n) is 7.24. The molecule has 3 N–H and O–H groups in total. The van der Waals surface area contributed by atoms with Crippen LogP contribution in [0.5, 0.6) is 0 Å². The normalized spacial score (nSPS) is 15.9. The number of hydrogen-bond donors (Lipinski definition) is 2. The average Bonchev–Trinajstić information content (AvgIpc) is 3.16. The number of carbonyl (C=O) groups is 2. The predicted octanol–water partition coefficient (Wildman–Crippen LogP) is 2.92. The molecule has 1 unspecified atom stereocenters. The molecule has 0 saturated heterocycles. The van der Waals surface area contributed by atoms with Crippen molar-refractivity contribution in [1.82, 2.24) is 15.1 Å². The standard InChI is InChI=1S/C22H18ClFN4O3/c23-13-10-15-14(16(24)11-13)6-8-18(15)28(22(31)17-7-9-19(29)27-26-17)20(21(25)30)12-4-2-1-3-5-12/h1-5,7,9-11,18,20H,6,8H2,(H2,25,30)(H,27,29)/t18-,20?/m1/s1. The van der Waals surface area contributed by atoms with Crippen LogP contribution < -0.4 is 11.3 Å². The number of amides is 2. The monoisotopic (exact) mass is 440 g/mol. The molecule has 0 fully saturated rings. The lowest BCUT2D eigenvalue weighted by molar-refractivity contribution is -0.123. The number of halogens is 2. The Morgan fingerprint density at radius 2 is 1.94 bits per heavy atom. The van der Waals surface area contributed by atoms with Gasteiger partial charge in [-0.3, -0.25) is 14.4 Å². The van der Waals surface area contributed by atoms with Gasteiger partial charge in [-0.1, -0.05) is 41.9 Å². The van der Waals surface area contributed by atoms with Gasteiger partial charge in [0.1, 0.15) is 17.6 Å². The van der Waals surface area contributed by atoms with Gasteiger partial charge in [-0.05, 0) is 47.7 Å². The molecule has 9 heteroatoms. The lowest BCUT2D eigenvalue weighted by Gasteiger charge is -2.35. The summed E-state index contributed by atoms with van der Waals surface area (Å²) in [6, 6.07) is 12.1. The molecule has 0 radical (unpaired) electrons. The fraction of sp³-hybridized carbons (Fsp3) is 0.182. The quantitative estimate of drug-likeness (QED) is 0.635. The van der Waals surface area contributed by atoms with E-state index in [-0.39, 0.29) is 10.7 Å². The summed E-state index contributed by atoms with van der Waals surface area (Å²) in [5.74, 6) is -1.84. The number of aromatic amines is 1. The zero-order valence-corrected chi connectivity index (χ0v) is 17.0. The minimum Gasteiger partial charge on any atom is -0.368 e. The van der Waals surface area contributed by atoms with E-state index in [1.165, 1.54) is 23.1 Å². The van der Waals surface area contributed by atoms with Crippen LogP contribution in [0.2, 0.25) is 5.02 Å². The second-order valence-corrected chi connectivity index (χ2v) is 7.68. The largest absolute Gasteiger partial charge is 0.368 e. The van der Waals surface area contributed by atoms with Gasteiger partial charge in [0.2, 0.25) is 5.91 Å². The highest BCUT2D eigenvalue weighted by Crippen LogP contribution is 2.42. The molecule has 31 heavy (non-hydrogen) atoms. The maximum absolute atomic E-state index is 14.5. The molecule has 1 aliphatic rings. The summed E-state index contributed by atoms with van der Waals surface area (Å²) in [6.45, 7) is 0. The van der Waals surface area contributed by atoms with Crippen LogP contribution in [0.4, 0.5) is 4.39 Å². The van der Waals surface area contributed by atoms with E-state index < -0.39 is 35.3 Å². The number of primary amides is 1. The molecule has 1 heterocycles. The molecule has 0 spiro atoms. The molecule has 4 rings (SSSR count). The third-order valence-corrected chi connectivity index (χ3v) is 5.57. The number of hydrogen-bond acceptors (Lipinski definition) is 4. The first-order chi connectivity index (χ1) is 14.9. The Labute approximate surface area is 181 Å². The van der Waals surface area contributed by atoms with E-state index in [1.807, 2.05) is 0 Å². The molecule has 2 amide bonds. The first-order valence-electron chi connectivity index (χ1n) is 9.57. The number of carbonyl (C=O) groups excluding carboxylic acids is 2. The topological polar surface area (TPSA) is 109 Å². The van der Waals surface area contributed by atoms with Crippen molar-refractivity contribution >= 4 is 23.4 Å². The number of fused-ring (bicyclic) bond motifs is 1. The van der Waals surface area contributed by atoms with Gasteiger partial charge < -0.3 is 10.6 Å². The maximum Gasteiger partial charge on any atom is 0.275 e. The van der Waals surface area contributed by atoms with Crippen molar-refractivity contribution in [2.24, 2.45) is 5.73 Å². The molecule has 0 bridgehead atoms. The van der Waals surface area contributed by atoms with E-state index >= 15 is 0 Å². The summed E-state index contributed by atoms with van der Waals surface area (Å²) >= 11 is 6.08. The van der Waals surface area contributed by atoms with Crippen LogP contribution in [0.1, 0.15) is 45.7 Å². The number of rotatable bonds is 5. The van der Waals surface area contributed by atoms with E-state index in [0.717, 1.165) is 0 Å². The highest BCUT2D eigenvalue weighted by Gasteiger charge is 2.40. The van der Waals surface area contributed by atoms with Gasteiger partial charge in [0, 0.05) is 11.1 Å². The van der Waals surface area contributed by atoms with E-state index in [0.29, 0.717) is 29.5 Å². The Balaban J connectivity index is 1.88. The summed E-state index contributed by atoms with van der Waals surface area (Å²) < 4.78 is 14.5. The van der Waals surface area contributed by atoms with E-state index in [9.17, 15) is 18.8 Å².